The van der Waals surface area contributed by atoms with Crippen molar-refractivity contribution in [3.05, 3.63) is 47.3 Å². The van der Waals surface area contributed by atoms with Gasteiger partial charge >= 0.3 is 0 Å². The van der Waals surface area contributed by atoms with Crippen molar-refractivity contribution in [1.82, 2.24) is 9.78 Å². The molecule has 0 bridgehead atoms. The maximum absolute atomic E-state index is 5.56. The Morgan fingerprint density at radius 1 is 1.31 bits per heavy atom. The third-order valence-corrected chi connectivity index (χ3v) is 2.68. The fraction of sp³-hybridized carbons (Fsp3) is 0.308. The minimum atomic E-state index is 0.667. The zero-order chi connectivity index (χ0) is 11.5. The van der Waals surface area contributed by atoms with Crippen LogP contribution in [-0.2, 0) is 6.42 Å². The molecule has 0 aliphatic carbocycles. The molecule has 2 aromatic rings. The van der Waals surface area contributed by atoms with Crippen molar-refractivity contribution in [3.63, 3.8) is 0 Å². The summed E-state index contributed by atoms with van der Waals surface area (Å²) in [6.45, 7) is 4.78. The van der Waals surface area contributed by atoms with Crippen LogP contribution in [0.2, 0.25) is 0 Å². The Bertz CT molecular complexity index is 486. The Hall–Kier alpha value is -1.61. The van der Waals surface area contributed by atoms with Crippen molar-refractivity contribution < 1.29 is 0 Å². The lowest BCUT2D eigenvalue weighted by Gasteiger charge is -2.01. The Morgan fingerprint density at radius 2 is 2.12 bits per heavy atom. The van der Waals surface area contributed by atoms with E-state index in [1.165, 1.54) is 11.1 Å². The van der Waals surface area contributed by atoms with Gasteiger partial charge in [-0.05, 0) is 50.1 Å². The average Bonchev–Trinajstić information content (AvgIpc) is 2.61. The normalized spacial score (nSPS) is 10.7. The largest absolute Gasteiger partial charge is 0.330 e. The smallest absolute Gasteiger partial charge is 0.0648 e. The maximum atomic E-state index is 5.56. The molecule has 0 saturated heterocycles. The van der Waals surface area contributed by atoms with Crippen molar-refractivity contribution in [2.45, 2.75) is 20.3 Å². The molecule has 0 amide bonds. The summed E-state index contributed by atoms with van der Waals surface area (Å²) in [6.07, 6.45) is 2.95. The lowest BCUT2D eigenvalue weighted by molar-refractivity contribution is 0.861. The molecule has 1 heterocycles. The molecule has 0 aliphatic heterocycles. The number of aromatic nitrogens is 2. The second kappa shape index (κ2) is 4.49. The van der Waals surface area contributed by atoms with Gasteiger partial charge in [0.1, 0.15) is 0 Å². The molecule has 0 spiro atoms. The van der Waals surface area contributed by atoms with E-state index in [-0.39, 0.29) is 0 Å². The van der Waals surface area contributed by atoms with E-state index in [0.717, 1.165) is 17.8 Å². The van der Waals surface area contributed by atoms with Gasteiger partial charge < -0.3 is 5.73 Å². The van der Waals surface area contributed by atoms with Crippen LogP contribution in [0.1, 0.15) is 16.8 Å². The molecule has 3 nitrogen and oxygen atoms in total. The Balaban J connectivity index is 2.37. The summed E-state index contributed by atoms with van der Waals surface area (Å²) in [6, 6.07) is 8.31. The standard InChI is InChI=1S/C13H17N3/c1-10-4-3-5-13(8-10)16-9-12(6-7-14)11(2)15-16/h3-5,8-9H,6-7,14H2,1-2H3. The lowest BCUT2D eigenvalue weighted by atomic mass is 10.2. The van der Waals surface area contributed by atoms with Crippen LogP contribution in [0.5, 0.6) is 0 Å². The highest BCUT2D eigenvalue weighted by Crippen LogP contribution is 2.13. The van der Waals surface area contributed by atoms with Gasteiger partial charge in [-0.2, -0.15) is 5.10 Å². The van der Waals surface area contributed by atoms with Crippen LogP contribution in [0.15, 0.2) is 30.5 Å². The Kier molecular flexibility index (Phi) is 3.06. The first-order valence-electron chi connectivity index (χ1n) is 5.53. The van der Waals surface area contributed by atoms with Gasteiger partial charge in [0.05, 0.1) is 11.4 Å². The highest BCUT2D eigenvalue weighted by Gasteiger charge is 2.05. The third-order valence-electron chi connectivity index (χ3n) is 2.68. The lowest BCUT2D eigenvalue weighted by Crippen LogP contribution is -2.02. The van der Waals surface area contributed by atoms with Crippen LogP contribution in [-0.4, -0.2) is 16.3 Å². The van der Waals surface area contributed by atoms with Crippen molar-refractivity contribution in [2.24, 2.45) is 5.73 Å². The molecule has 2 rings (SSSR count). The highest BCUT2D eigenvalue weighted by molar-refractivity contribution is 5.36. The van der Waals surface area contributed by atoms with E-state index in [2.05, 4.69) is 36.4 Å². The van der Waals surface area contributed by atoms with Gasteiger partial charge in [-0.1, -0.05) is 12.1 Å². The molecule has 3 heteroatoms. The van der Waals surface area contributed by atoms with Gasteiger partial charge in [-0.3, -0.25) is 0 Å². The molecule has 1 aromatic heterocycles. The van der Waals surface area contributed by atoms with Crippen LogP contribution >= 0.6 is 0 Å². The molecule has 0 unspecified atom stereocenters. The van der Waals surface area contributed by atoms with Crippen LogP contribution in [0.3, 0.4) is 0 Å². The molecule has 0 fully saturated rings. The number of aryl methyl sites for hydroxylation is 2. The van der Waals surface area contributed by atoms with E-state index in [4.69, 9.17) is 5.73 Å². The third kappa shape index (κ3) is 2.14. The minimum absolute atomic E-state index is 0.667. The number of hydrogen-bond acceptors (Lipinski definition) is 2. The summed E-state index contributed by atoms with van der Waals surface area (Å²) in [5.74, 6) is 0. The van der Waals surface area contributed by atoms with E-state index in [9.17, 15) is 0 Å². The van der Waals surface area contributed by atoms with E-state index >= 15 is 0 Å². The molecular weight excluding hydrogens is 198 g/mol. The van der Waals surface area contributed by atoms with E-state index in [1.807, 2.05) is 17.7 Å². The number of benzene rings is 1. The molecule has 84 valence electrons. The van der Waals surface area contributed by atoms with E-state index in [0.29, 0.717) is 6.54 Å². The second-order valence-electron chi connectivity index (χ2n) is 4.06. The summed E-state index contributed by atoms with van der Waals surface area (Å²) < 4.78 is 1.92. The van der Waals surface area contributed by atoms with E-state index < -0.39 is 0 Å². The quantitative estimate of drug-likeness (QED) is 0.851. The minimum Gasteiger partial charge on any atom is -0.330 e. The van der Waals surface area contributed by atoms with Gasteiger partial charge in [-0.15, -0.1) is 0 Å². The predicted octanol–water partition coefficient (Wildman–Crippen LogP) is 1.99. The summed E-state index contributed by atoms with van der Waals surface area (Å²) in [4.78, 5) is 0. The summed E-state index contributed by atoms with van der Waals surface area (Å²) >= 11 is 0. The van der Waals surface area contributed by atoms with Crippen molar-refractivity contribution in [1.29, 1.82) is 0 Å². The molecule has 0 radical (unpaired) electrons. The number of nitrogens with zero attached hydrogens (tertiary/aromatic N) is 2. The average molecular weight is 215 g/mol. The number of rotatable bonds is 3. The molecule has 16 heavy (non-hydrogen) atoms. The predicted molar refractivity (Wildman–Crippen MR) is 65.8 cm³/mol. The monoisotopic (exact) mass is 215 g/mol. The van der Waals surface area contributed by atoms with Crippen molar-refractivity contribution >= 4 is 0 Å². The van der Waals surface area contributed by atoms with E-state index in [1.54, 1.807) is 0 Å². The summed E-state index contributed by atoms with van der Waals surface area (Å²) in [5, 5.41) is 4.50. The molecule has 0 atom stereocenters. The first kappa shape index (κ1) is 10.9. The number of nitrogens with two attached hydrogens (primary N) is 1. The van der Waals surface area contributed by atoms with Crippen LogP contribution in [0.25, 0.3) is 5.69 Å². The van der Waals surface area contributed by atoms with Crippen molar-refractivity contribution in [3.8, 4) is 5.69 Å². The number of hydrogen-bond donors (Lipinski definition) is 1. The molecule has 2 N–H and O–H groups in total. The summed E-state index contributed by atoms with van der Waals surface area (Å²) in [5.41, 5.74) is 10.2. The van der Waals surface area contributed by atoms with Crippen LogP contribution in [0.4, 0.5) is 0 Å². The molecular formula is C13H17N3. The van der Waals surface area contributed by atoms with Crippen LogP contribution < -0.4 is 5.73 Å². The van der Waals surface area contributed by atoms with Gasteiger partial charge in [0.2, 0.25) is 0 Å². The fourth-order valence-electron chi connectivity index (χ4n) is 1.80. The highest BCUT2D eigenvalue weighted by atomic mass is 15.3. The topological polar surface area (TPSA) is 43.8 Å². The molecule has 0 aliphatic rings. The maximum Gasteiger partial charge on any atom is 0.0648 e. The second-order valence-corrected chi connectivity index (χ2v) is 4.06. The Morgan fingerprint density at radius 3 is 2.81 bits per heavy atom. The first-order valence-corrected chi connectivity index (χ1v) is 5.53. The van der Waals surface area contributed by atoms with Gasteiger partial charge in [0.15, 0.2) is 0 Å². The first-order chi connectivity index (χ1) is 7.70. The Labute approximate surface area is 95.9 Å². The molecule has 1 aromatic carbocycles. The molecule has 0 saturated carbocycles. The van der Waals surface area contributed by atoms with Crippen LogP contribution in [0, 0.1) is 13.8 Å². The SMILES string of the molecule is Cc1cccc(-n2cc(CCN)c(C)n2)c1. The van der Waals surface area contributed by atoms with Gasteiger partial charge in [-0.25, -0.2) is 4.68 Å². The zero-order valence-electron chi connectivity index (χ0n) is 9.77. The van der Waals surface area contributed by atoms with Gasteiger partial charge in [0.25, 0.3) is 0 Å². The zero-order valence-corrected chi connectivity index (χ0v) is 9.77. The fourth-order valence-corrected chi connectivity index (χ4v) is 1.80. The van der Waals surface area contributed by atoms with Crippen molar-refractivity contribution in [2.75, 3.05) is 6.54 Å². The summed E-state index contributed by atoms with van der Waals surface area (Å²) in [7, 11) is 0. The van der Waals surface area contributed by atoms with Gasteiger partial charge in [0, 0.05) is 6.20 Å².